The molecule has 1 amide bonds. The highest BCUT2D eigenvalue weighted by atomic mass is 32.1. The Balaban J connectivity index is 1.57. The van der Waals surface area contributed by atoms with Crippen molar-refractivity contribution in [3.63, 3.8) is 0 Å². The van der Waals surface area contributed by atoms with Crippen LogP contribution < -0.4 is 5.32 Å². The van der Waals surface area contributed by atoms with E-state index >= 15 is 0 Å². The van der Waals surface area contributed by atoms with Crippen LogP contribution in [-0.4, -0.2) is 22.0 Å². The average Bonchev–Trinajstić information content (AvgIpc) is 3.00. The van der Waals surface area contributed by atoms with E-state index in [9.17, 15) is 4.79 Å². The summed E-state index contributed by atoms with van der Waals surface area (Å²) < 4.78 is 2.35. The van der Waals surface area contributed by atoms with Gasteiger partial charge in [-0.3, -0.25) is 4.79 Å². The standard InChI is InChI=1S/C15H19N3OS/c1-11-9-17-14(18(11)13-3-2-4-13)5-7-16-15(19)12-6-8-20-10-12/h6,8-10,13H,2-5,7H2,1H3,(H,16,19). The third-order valence-corrected chi connectivity index (χ3v) is 4.60. The predicted octanol–water partition coefficient (Wildman–Crippen LogP) is 2.95. The number of aryl methyl sites for hydroxylation is 1. The number of aromatic nitrogens is 2. The molecule has 0 unspecified atom stereocenters. The van der Waals surface area contributed by atoms with Crippen molar-refractivity contribution in [2.24, 2.45) is 0 Å². The van der Waals surface area contributed by atoms with Gasteiger partial charge in [-0.1, -0.05) is 0 Å². The van der Waals surface area contributed by atoms with Crippen LogP contribution in [-0.2, 0) is 6.42 Å². The number of hydrogen-bond donors (Lipinski definition) is 1. The third-order valence-electron chi connectivity index (χ3n) is 3.92. The normalized spacial score (nSPS) is 15.1. The van der Waals surface area contributed by atoms with Crippen molar-refractivity contribution < 1.29 is 4.79 Å². The number of carbonyl (C=O) groups excluding carboxylic acids is 1. The number of imidazole rings is 1. The second kappa shape index (κ2) is 5.79. The van der Waals surface area contributed by atoms with Crippen LogP contribution in [0.15, 0.2) is 23.0 Å². The Morgan fingerprint density at radius 1 is 1.55 bits per heavy atom. The topological polar surface area (TPSA) is 46.9 Å². The third kappa shape index (κ3) is 2.63. The van der Waals surface area contributed by atoms with Crippen LogP contribution >= 0.6 is 11.3 Å². The highest BCUT2D eigenvalue weighted by molar-refractivity contribution is 7.08. The Bertz CT molecular complexity index is 584. The molecule has 0 atom stereocenters. The van der Waals surface area contributed by atoms with Gasteiger partial charge in [0.25, 0.3) is 5.91 Å². The Morgan fingerprint density at radius 3 is 3.05 bits per heavy atom. The number of rotatable bonds is 5. The minimum atomic E-state index is 0.00437. The van der Waals surface area contributed by atoms with E-state index in [0.717, 1.165) is 17.8 Å². The molecule has 106 valence electrons. The second-order valence-electron chi connectivity index (χ2n) is 5.29. The van der Waals surface area contributed by atoms with Gasteiger partial charge in [0.15, 0.2) is 0 Å². The quantitative estimate of drug-likeness (QED) is 0.920. The average molecular weight is 289 g/mol. The maximum Gasteiger partial charge on any atom is 0.252 e. The van der Waals surface area contributed by atoms with Crippen LogP contribution in [0.4, 0.5) is 0 Å². The predicted molar refractivity (Wildman–Crippen MR) is 80.2 cm³/mol. The molecule has 0 saturated heterocycles. The van der Waals surface area contributed by atoms with E-state index in [1.807, 2.05) is 23.0 Å². The summed E-state index contributed by atoms with van der Waals surface area (Å²) in [4.78, 5) is 16.3. The second-order valence-corrected chi connectivity index (χ2v) is 6.07. The molecule has 2 heterocycles. The maximum absolute atomic E-state index is 11.9. The van der Waals surface area contributed by atoms with E-state index in [1.54, 1.807) is 11.3 Å². The molecule has 0 radical (unpaired) electrons. The van der Waals surface area contributed by atoms with Gasteiger partial charge < -0.3 is 9.88 Å². The maximum atomic E-state index is 11.9. The molecule has 1 saturated carbocycles. The van der Waals surface area contributed by atoms with Gasteiger partial charge in [0.1, 0.15) is 5.82 Å². The first-order valence-corrected chi connectivity index (χ1v) is 8.03. The summed E-state index contributed by atoms with van der Waals surface area (Å²) in [6, 6.07) is 2.47. The van der Waals surface area contributed by atoms with Crippen LogP contribution in [0.1, 0.15) is 47.2 Å². The molecular weight excluding hydrogens is 270 g/mol. The molecule has 4 nitrogen and oxygen atoms in total. The summed E-state index contributed by atoms with van der Waals surface area (Å²) >= 11 is 1.54. The molecule has 1 N–H and O–H groups in total. The van der Waals surface area contributed by atoms with Crippen molar-refractivity contribution in [3.05, 3.63) is 40.1 Å². The summed E-state index contributed by atoms with van der Waals surface area (Å²) in [6.07, 6.45) is 6.56. The van der Waals surface area contributed by atoms with E-state index in [-0.39, 0.29) is 5.91 Å². The molecule has 0 aliphatic heterocycles. The first-order chi connectivity index (χ1) is 9.75. The summed E-state index contributed by atoms with van der Waals surface area (Å²) in [7, 11) is 0. The fourth-order valence-corrected chi connectivity index (χ4v) is 3.24. The number of nitrogens with one attached hydrogen (secondary N) is 1. The lowest BCUT2D eigenvalue weighted by Gasteiger charge is -2.29. The van der Waals surface area contributed by atoms with Gasteiger partial charge in [-0.15, -0.1) is 0 Å². The molecule has 2 aromatic rings. The number of hydrogen-bond acceptors (Lipinski definition) is 3. The molecule has 0 bridgehead atoms. The van der Waals surface area contributed by atoms with Crippen LogP contribution in [0.5, 0.6) is 0 Å². The molecular formula is C15H19N3OS. The Hall–Kier alpha value is -1.62. The zero-order valence-electron chi connectivity index (χ0n) is 11.6. The van der Waals surface area contributed by atoms with E-state index < -0.39 is 0 Å². The zero-order valence-corrected chi connectivity index (χ0v) is 12.4. The highest BCUT2D eigenvalue weighted by Gasteiger charge is 2.23. The molecule has 5 heteroatoms. The molecule has 3 rings (SSSR count). The smallest absolute Gasteiger partial charge is 0.252 e. The lowest BCUT2D eigenvalue weighted by Crippen LogP contribution is -2.27. The number of carbonyl (C=O) groups is 1. The van der Waals surface area contributed by atoms with Gasteiger partial charge in [-0.2, -0.15) is 11.3 Å². The molecule has 0 spiro atoms. The zero-order chi connectivity index (χ0) is 13.9. The molecule has 1 fully saturated rings. The summed E-state index contributed by atoms with van der Waals surface area (Å²) in [5.41, 5.74) is 1.97. The molecule has 0 aromatic carbocycles. The van der Waals surface area contributed by atoms with Crippen molar-refractivity contribution in [1.29, 1.82) is 0 Å². The van der Waals surface area contributed by atoms with Crippen molar-refractivity contribution in [3.8, 4) is 0 Å². The largest absolute Gasteiger partial charge is 0.352 e. The van der Waals surface area contributed by atoms with Crippen LogP contribution in [0.25, 0.3) is 0 Å². The Morgan fingerprint density at radius 2 is 2.40 bits per heavy atom. The van der Waals surface area contributed by atoms with Gasteiger partial charge in [-0.25, -0.2) is 4.98 Å². The minimum Gasteiger partial charge on any atom is -0.352 e. The summed E-state index contributed by atoms with van der Waals surface area (Å²) in [6.45, 7) is 2.75. The van der Waals surface area contributed by atoms with Gasteiger partial charge >= 0.3 is 0 Å². The lowest BCUT2D eigenvalue weighted by atomic mass is 9.92. The monoisotopic (exact) mass is 289 g/mol. The number of nitrogens with zero attached hydrogens (tertiary/aromatic N) is 2. The first-order valence-electron chi connectivity index (χ1n) is 7.09. The van der Waals surface area contributed by atoms with Gasteiger partial charge in [-0.05, 0) is 37.6 Å². The van der Waals surface area contributed by atoms with Crippen molar-refractivity contribution in [1.82, 2.24) is 14.9 Å². The number of amides is 1. The van der Waals surface area contributed by atoms with E-state index in [1.165, 1.54) is 25.0 Å². The fourth-order valence-electron chi connectivity index (χ4n) is 2.61. The van der Waals surface area contributed by atoms with Crippen molar-refractivity contribution in [2.45, 2.75) is 38.6 Å². The highest BCUT2D eigenvalue weighted by Crippen LogP contribution is 2.33. The van der Waals surface area contributed by atoms with E-state index in [0.29, 0.717) is 12.6 Å². The molecule has 1 aliphatic rings. The molecule has 20 heavy (non-hydrogen) atoms. The van der Waals surface area contributed by atoms with Gasteiger partial charge in [0.05, 0.1) is 0 Å². The summed E-state index contributed by atoms with van der Waals surface area (Å²) in [5, 5.41) is 6.75. The van der Waals surface area contributed by atoms with Crippen LogP contribution in [0.3, 0.4) is 0 Å². The van der Waals surface area contributed by atoms with E-state index in [4.69, 9.17) is 0 Å². The lowest BCUT2D eigenvalue weighted by molar-refractivity contribution is 0.0954. The molecule has 1 aliphatic carbocycles. The SMILES string of the molecule is Cc1cnc(CCNC(=O)c2ccsc2)n1C1CCC1. The van der Waals surface area contributed by atoms with Crippen LogP contribution in [0, 0.1) is 6.92 Å². The Labute approximate surface area is 122 Å². The van der Waals surface area contributed by atoms with Crippen LogP contribution in [0.2, 0.25) is 0 Å². The van der Waals surface area contributed by atoms with E-state index in [2.05, 4.69) is 21.8 Å². The molecule has 2 aromatic heterocycles. The van der Waals surface area contributed by atoms with Crippen molar-refractivity contribution in [2.75, 3.05) is 6.54 Å². The van der Waals surface area contributed by atoms with Gasteiger partial charge in [0, 0.05) is 41.8 Å². The summed E-state index contributed by atoms with van der Waals surface area (Å²) in [5.74, 6) is 1.10. The van der Waals surface area contributed by atoms with Crippen molar-refractivity contribution >= 4 is 17.2 Å². The first kappa shape index (κ1) is 13.4. The Kier molecular flexibility index (Phi) is 3.87. The van der Waals surface area contributed by atoms with Gasteiger partial charge in [0.2, 0.25) is 0 Å². The number of thiophene rings is 1. The minimum absolute atomic E-state index is 0.00437. The fraction of sp³-hybridized carbons (Fsp3) is 0.467.